The lowest BCUT2D eigenvalue weighted by molar-refractivity contribution is 0.522. The van der Waals surface area contributed by atoms with E-state index in [1.807, 2.05) is 0 Å². The molecule has 0 heterocycles. The van der Waals surface area contributed by atoms with Gasteiger partial charge in [0.2, 0.25) is 0 Å². The average molecular weight is 307 g/mol. The zero-order valence-corrected chi connectivity index (χ0v) is 10.9. The van der Waals surface area contributed by atoms with Crippen molar-refractivity contribution in [3.05, 3.63) is 70.0 Å². The van der Waals surface area contributed by atoms with E-state index in [0.717, 1.165) is 12.1 Å². The molecule has 6 heteroatoms. The molecule has 1 unspecified atom stereocenters. The molecular formula is C14H8ClF5. The van der Waals surface area contributed by atoms with Crippen molar-refractivity contribution in [3.63, 3.8) is 0 Å². The van der Waals surface area contributed by atoms with Crippen molar-refractivity contribution >= 4 is 11.6 Å². The van der Waals surface area contributed by atoms with E-state index < -0.39 is 45.6 Å². The summed E-state index contributed by atoms with van der Waals surface area (Å²) in [6, 6.07) is 2.50. The number of alkyl halides is 1. The fourth-order valence-electron chi connectivity index (χ4n) is 1.81. The molecule has 0 radical (unpaired) electrons. The Morgan fingerprint density at radius 2 is 1.35 bits per heavy atom. The monoisotopic (exact) mass is 306 g/mol. The molecule has 0 aliphatic rings. The molecule has 0 amide bonds. The molecule has 2 aromatic carbocycles. The fourth-order valence-corrected chi connectivity index (χ4v) is 2.18. The van der Waals surface area contributed by atoms with Gasteiger partial charge in [0.1, 0.15) is 29.1 Å². The van der Waals surface area contributed by atoms with E-state index in [-0.39, 0.29) is 5.56 Å². The lowest BCUT2D eigenvalue weighted by Crippen LogP contribution is -2.05. The predicted molar refractivity (Wildman–Crippen MR) is 65.1 cm³/mol. The Labute approximate surface area is 116 Å². The van der Waals surface area contributed by atoms with Gasteiger partial charge in [0, 0.05) is 23.3 Å². The summed E-state index contributed by atoms with van der Waals surface area (Å²) >= 11 is 5.81. The molecule has 0 fully saturated rings. The number of aryl methyl sites for hydroxylation is 1. The summed E-state index contributed by atoms with van der Waals surface area (Å²) in [5, 5.41) is -1.61. The highest BCUT2D eigenvalue weighted by Gasteiger charge is 2.24. The van der Waals surface area contributed by atoms with E-state index >= 15 is 0 Å². The third kappa shape index (κ3) is 2.63. The lowest BCUT2D eigenvalue weighted by atomic mass is 10.0. The molecule has 0 aromatic heterocycles. The zero-order valence-electron chi connectivity index (χ0n) is 10.2. The van der Waals surface area contributed by atoms with E-state index in [1.165, 1.54) is 6.92 Å². The van der Waals surface area contributed by atoms with Crippen molar-refractivity contribution < 1.29 is 22.0 Å². The molecule has 1 atom stereocenters. The fraction of sp³-hybridized carbons (Fsp3) is 0.143. The van der Waals surface area contributed by atoms with Crippen molar-refractivity contribution in [2.75, 3.05) is 0 Å². The molecule has 2 aromatic rings. The van der Waals surface area contributed by atoms with Crippen molar-refractivity contribution in [3.8, 4) is 0 Å². The maximum atomic E-state index is 13.7. The van der Waals surface area contributed by atoms with Gasteiger partial charge in [0.15, 0.2) is 0 Å². The first-order chi connectivity index (χ1) is 9.31. The van der Waals surface area contributed by atoms with Crippen molar-refractivity contribution in [1.29, 1.82) is 0 Å². The maximum Gasteiger partial charge on any atom is 0.134 e. The van der Waals surface area contributed by atoms with Crippen LogP contribution < -0.4 is 0 Å². The summed E-state index contributed by atoms with van der Waals surface area (Å²) in [5.74, 6) is -5.30. The van der Waals surface area contributed by atoms with Crippen LogP contribution in [0.2, 0.25) is 0 Å². The van der Waals surface area contributed by atoms with Crippen LogP contribution in [-0.2, 0) is 0 Å². The second-order valence-corrected chi connectivity index (χ2v) is 4.71. The van der Waals surface area contributed by atoms with Crippen LogP contribution in [0.1, 0.15) is 22.1 Å². The van der Waals surface area contributed by atoms with Gasteiger partial charge in [-0.15, -0.1) is 11.6 Å². The largest absolute Gasteiger partial charge is 0.207 e. The summed E-state index contributed by atoms with van der Waals surface area (Å²) in [6.45, 7) is 1.34. The topological polar surface area (TPSA) is 0 Å². The molecule has 0 saturated carbocycles. The number of halogens is 6. The number of hydrogen-bond acceptors (Lipinski definition) is 0. The Balaban J connectivity index is 2.57. The van der Waals surface area contributed by atoms with Gasteiger partial charge >= 0.3 is 0 Å². The first kappa shape index (κ1) is 14.8. The lowest BCUT2D eigenvalue weighted by Gasteiger charge is -2.14. The second-order valence-electron chi connectivity index (χ2n) is 4.27. The molecule has 0 spiro atoms. The van der Waals surface area contributed by atoms with Crippen LogP contribution in [0.25, 0.3) is 0 Å². The molecule has 2 rings (SSSR count). The van der Waals surface area contributed by atoms with Crippen LogP contribution in [0.5, 0.6) is 0 Å². The molecule has 0 N–H and O–H groups in total. The Kier molecular flexibility index (Phi) is 3.99. The summed E-state index contributed by atoms with van der Waals surface area (Å²) < 4.78 is 67.1. The van der Waals surface area contributed by atoms with Gasteiger partial charge in [-0.25, -0.2) is 22.0 Å². The Morgan fingerprint density at radius 3 is 1.90 bits per heavy atom. The van der Waals surface area contributed by atoms with E-state index in [1.54, 1.807) is 0 Å². The van der Waals surface area contributed by atoms with Crippen molar-refractivity contribution in [2.24, 2.45) is 0 Å². The van der Waals surface area contributed by atoms with Crippen LogP contribution in [-0.4, -0.2) is 0 Å². The van der Waals surface area contributed by atoms with Gasteiger partial charge in [0.25, 0.3) is 0 Å². The van der Waals surface area contributed by atoms with Crippen LogP contribution in [0.15, 0.2) is 24.3 Å². The standard InChI is InChI=1S/C14H8ClF5/c1-6-2-10(18)8(5-9(6)17)14(15)13-11(19)3-7(16)4-12(13)20/h2-5,14H,1H3. The van der Waals surface area contributed by atoms with Gasteiger partial charge in [0.05, 0.1) is 5.38 Å². The minimum atomic E-state index is -1.61. The number of rotatable bonds is 2. The van der Waals surface area contributed by atoms with E-state index in [4.69, 9.17) is 11.6 Å². The van der Waals surface area contributed by atoms with Crippen LogP contribution in [0.4, 0.5) is 22.0 Å². The molecule has 0 bridgehead atoms. The Morgan fingerprint density at radius 1 is 0.800 bits per heavy atom. The molecule has 20 heavy (non-hydrogen) atoms. The predicted octanol–water partition coefficient (Wildman–Crippen LogP) is 5.02. The first-order valence-corrected chi connectivity index (χ1v) is 5.99. The Bertz CT molecular complexity index is 646. The van der Waals surface area contributed by atoms with Crippen LogP contribution in [0.3, 0.4) is 0 Å². The average Bonchev–Trinajstić information content (AvgIpc) is 2.32. The summed E-state index contributed by atoms with van der Waals surface area (Å²) in [5.41, 5.74) is -1.11. The van der Waals surface area contributed by atoms with E-state index in [2.05, 4.69) is 0 Å². The van der Waals surface area contributed by atoms with Gasteiger partial charge in [-0.1, -0.05) is 0 Å². The first-order valence-electron chi connectivity index (χ1n) is 5.55. The molecule has 0 saturated heterocycles. The highest BCUT2D eigenvalue weighted by molar-refractivity contribution is 6.22. The minimum Gasteiger partial charge on any atom is -0.207 e. The minimum absolute atomic E-state index is 0.0372. The SMILES string of the molecule is Cc1cc(F)c(C(Cl)c2c(F)cc(F)cc2F)cc1F. The van der Waals surface area contributed by atoms with Gasteiger partial charge < -0.3 is 0 Å². The highest BCUT2D eigenvalue weighted by Crippen LogP contribution is 2.35. The maximum absolute atomic E-state index is 13.7. The van der Waals surface area contributed by atoms with Crippen LogP contribution >= 0.6 is 11.6 Å². The third-order valence-electron chi connectivity index (χ3n) is 2.85. The van der Waals surface area contributed by atoms with E-state index in [9.17, 15) is 22.0 Å². The van der Waals surface area contributed by atoms with Crippen LogP contribution in [0, 0.1) is 36.0 Å². The smallest absolute Gasteiger partial charge is 0.134 e. The zero-order chi connectivity index (χ0) is 15.0. The van der Waals surface area contributed by atoms with Gasteiger partial charge in [-0.05, 0) is 24.6 Å². The molecule has 106 valence electrons. The summed E-state index contributed by atoms with van der Waals surface area (Å²) in [4.78, 5) is 0. The van der Waals surface area contributed by atoms with E-state index in [0.29, 0.717) is 12.1 Å². The number of hydrogen-bond donors (Lipinski definition) is 0. The molecule has 0 nitrogen and oxygen atoms in total. The number of benzene rings is 2. The summed E-state index contributed by atoms with van der Waals surface area (Å²) in [6.07, 6.45) is 0. The van der Waals surface area contributed by atoms with Crippen molar-refractivity contribution in [1.82, 2.24) is 0 Å². The van der Waals surface area contributed by atoms with Gasteiger partial charge in [-0.2, -0.15) is 0 Å². The molecule has 0 aliphatic carbocycles. The molecule has 0 aliphatic heterocycles. The third-order valence-corrected chi connectivity index (χ3v) is 3.30. The second kappa shape index (κ2) is 5.40. The summed E-state index contributed by atoms with van der Waals surface area (Å²) in [7, 11) is 0. The quantitative estimate of drug-likeness (QED) is 0.540. The normalized spacial score (nSPS) is 12.6. The van der Waals surface area contributed by atoms with Gasteiger partial charge in [-0.3, -0.25) is 0 Å². The molecular weight excluding hydrogens is 299 g/mol. The Hall–Kier alpha value is -1.62. The highest BCUT2D eigenvalue weighted by atomic mass is 35.5. The van der Waals surface area contributed by atoms with Crippen molar-refractivity contribution in [2.45, 2.75) is 12.3 Å².